The van der Waals surface area contributed by atoms with E-state index in [2.05, 4.69) is 9.97 Å². The highest BCUT2D eigenvalue weighted by Gasteiger charge is 2.20. The first kappa shape index (κ1) is 27.3. The zero-order valence-electron chi connectivity index (χ0n) is 21.2. The highest BCUT2D eigenvalue weighted by Crippen LogP contribution is 2.25. The number of hydrogen-bond acceptors (Lipinski definition) is 8. The highest BCUT2D eigenvalue weighted by molar-refractivity contribution is 7.89. The summed E-state index contributed by atoms with van der Waals surface area (Å²) in [4.78, 5) is 35.1. The lowest BCUT2D eigenvalue weighted by molar-refractivity contribution is -0.119. The molecule has 4 rings (SSSR count). The summed E-state index contributed by atoms with van der Waals surface area (Å²) < 4.78 is 44.3. The van der Waals surface area contributed by atoms with E-state index in [0.717, 1.165) is 22.9 Å². The van der Waals surface area contributed by atoms with Gasteiger partial charge in [0.15, 0.2) is 17.5 Å². The van der Waals surface area contributed by atoms with Gasteiger partial charge < -0.3 is 9.64 Å². The van der Waals surface area contributed by atoms with E-state index in [9.17, 15) is 22.4 Å². The Morgan fingerprint density at radius 3 is 2.00 bits per heavy atom. The number of amides is 1. The molecule has 0 radical (unpaired) electrons. The second-order valence-corrected chi connectivity index (χ2v) is 11.0. The molecule has 11 heteroatoms. The van der Waals surface area contributed by atoms with Crippen molar-refractivity contribution in [1.82, 2.24) is 14.7 Å². The minimum atomic E-state index is -3.60. The van der Waals surface area contributed by atoms with Crippen LogP contribution in [0, 0.1) is 12.7 Å². The van der Waals surface area contributed by atoms with E-state index in [4.69, 9.17) is 4.74 Å². The van der Waals surface area contributed by atoms with E-state index >= 15 is 0 Å². The van der Waals surface area contributed by atoms with Crippen molar-refractivity contribution >= 4 is 27.5 Å². The number of aryl methyl sites for hydroxylation is 1. The summed E-state index contributed by atoms with van der Waals surface area (Å²) in [5.74, 6) is -0.323. The average Bonchev–Trinajstić information content (AvgIpc) is 2.86. The zero-order valence-corrected chi connectivity index (χ0v) is 22.1. The Labute approximate surface area is 221 Å². The number of morpholine rings is 1. The van der Waals surface area contributed by atoms with Crippen LogP contribution in [0.3, 0.4) is 0 Å². The lowest BCUT2D eigenvalue weighted by atomic mass is 10.0. The molecule has 0 aliphatic carbocycles. The smallest absolute Gasteiger partial charge is 0.237 e. The van der Waals surface area contributed by atoms with Gasteiger partial charge in [-0.05, 0) is 23.6 Å². The van der Waals surface area contributed by atoms with Gasteiger partial charge in [-0.1, -0.05) is 48.5 Å². The summed E-state index contributed by atoms with van der Waals surface area (Å²) >= 11 is 0. The molecule has 1 aliphatic heterocycles. The molecule has 0 saturated carbocycles. The van der Waals surface area contributed by atoms with Crippen LogP contribution in [0.25, 0.3) is 11.4 Å². The maximum absolute atomic E-state index is 14.7. The lowest BCUT2D eigenvalue weighted by Gasteiger charge is -2.28. The molecule has 1 fully saturated rings. The van der Waals surface area contributed by atoms with Gasteiger partial charge in [0.1, 0.15) is 5.78 Å². The highest BCUT2D eigenvalue weighted by atomic mass is 32.2. The van der Waals surface area contributed by atoms with Crippen molar-refractivity contribution < 1.29 is 27.1 Å². The van der Waals surface area contributed by atoms with Gasteiger partial charge in [0, 0.05) is 31.5 Å². The molecule has 0 bridgehead atoms. The van der Waals surface area contributed by atoms with Crippen molar-refractivity contribution in [2.75, 3.05) is 37.5 Å². The number of hydrogen-bond donors (Lipinski definition) is 1. The second-order valence-electron chi connectivity index (χ2n) is 9.25. The van der Waals surface area contributed by atoms with Crippen LogP contribution < -0.4 is 9.62 Å². The average molecular weight is 541 g/mol. The summed E-state index contributed by atoms with van der Waals surface area (Å²) in [6.45, 7) is 3.79. The molecule has 2 aromatic carbocycles. The quantitative estimate of drug-likeness (QED) is 0.440. The van der Waals surface area contributed by atoms with Crippen LogP contribution in [0.1, 0.15) is 22.4 Å². The number of rotatable bonds is 9. The van der Waals surface area contributed by atoms with Gasteiger partial charge in [0.25, 0.3) is 0 Å². The van der Waals surface area contributed by atoms with Crippen molar-refractivity contribution in [2.45, 2.75) is 26.2 Å². The summed E-state index contributed by atoms with van der Waals surface area (Å²) in [7, 11) is -3.60. The van der Waals surface area contributed by atoms with Crippen molar-refractivity contribution in [3.05, 3.63) is 76.7 Å². The number of carbonyl (C=O) groups excluding carboxylic acids is 2. The Morgan fingerprint density at radius 1 is 0.921 bits per heavy atom. The monoisotopic (exact) mass is 540 g/mol. The molecule has 1 saturated heterocycles. The maximum atomic E-state index is 14.7. The predicted molar refractivity (Wildman–Crippen MR) is 141 cm³/mol. The fourth-order valence-electron chi connectivity index (χ4n) is 4.15. The minimum Gasteiger partial charge on any atom is -0.378 e. The molecule has 0 unspecified atom stereocenters. The van der Waals surface area contributed by atoms with E-state index in [1.165, 1.54) is 0 Å². The Morgan fingerprint density at radius 2 is 1.45 bits per heavy atom. The van der Waals surface area contributed by atoms with Gasteiger partial charge in [-0.3, -0.25) is 14.3 Å². The third-order valence-corrected chi connectivity index (χ3v) is 6.61. The molecule has 38 heavy (non-hydrogen) atoms. The van der Waals surface area contributed by atoms with Gasteiger partial charge in [-0.25, -0.2) is 22.8 Å². The molecule has 1 N–H and O–H groups in total. The number of sulfonamides is 1. The molecule has 3 aromatic rings. The Bertz CT molecular complexity index is 1420. The van der Waals surface area contributed by atoms with E-state index < -0.39 is 21.7 Å². The molecule has 9 nitrogen and oxygen atoms in total. The number of carbonyl (C=O) groups is 2. The van der Waals surface area contributed by atoms with Gasteiger partial charge in [0.05, 0.1) is 31.6 Å². The molecule has 0 atom stereocenters. The number of Topliss-reactive ketones (excluding diaryl/α,β-unsaturated/α-hetero) is 1. The standard InChI is InChI=1S/C27H29FN4O5S/c1-18-25(28)27(32-11-13-37-14-12-32)30-26(29-18)22-9-7-20(8-10-22)16-23(33)15-19-3-5-21(6-4-19)17-24(34)31-38(2,35)36/h3-10H,11-17H2,1-2H3,(H,31,34). The van der Waals surface area contributed by atoms with Gasteiger partial charge in [-0.2, -0.15) is 0 Å². The van der Waals surface area contributed by atoms with Crippen LogP contribution >= 0.6 is 0 Å². The molecular weight excluding hydrogens is 511 g/mol. The van der Waals surface area contributed by atoms with Crippen molar-refractivity contribution in [3.8, 4) is 11.4 Å². The summed E-state index contributed by atoms with van der Waals surface area (Å²) in [6, 6.07) is 14.3. The third kappa shape index (κ3) is 7.42. The number of ether oxygens (including phenoxy) is 1. The number of nitrogens with zero attached hydrogens (tertiary/aromatic N) is 3. The zero-order chi connectivity index (χ0) is 27.3. The Hall–Kier alpha value is -3.70. The molecular formula is C27H29FN4O5S. The van der Waals surface area contributed by atoms with Crippen molar-refractivity contribution in [3.63, 3.8) is 0 Å². The molecule has 200 valence electrons. The van der Waals surface area contributed by atoms with Crippen LogP contribution in [0.15, 0.2) is 48.5 Å². The van der Waals surface area contributed by atoms with Crippen molar-refractivity contribution in [1.29, 1.82) is 0 Å². The summed E-state index contributed by atoms with van der Waals surface area (Å²) in [6.07, 6.45) is 1.31. The molecule has 0 spiro atoms. The predicted octanol–water partition coefficient (Wildman–Crippen LogP) is 2.40. The lowest BCUT2D eigenvalue weighted by Crippen LogP contribution is -2.37. The van der Waals surface area contributed by atoms with Gasteiger partial charge in [0.2, 0.25) is 15.9 Å². The van der Waals surface area contributed by atoms with E-state index in [1.807, 2.05) is 33.9 Å². The molecule has 2 heterocycles. The number of nitrogens with one attached hydrogen (secondary N) is 1. The van der Waals surface area contributed by atoms with Crippen LogP contribution in [-0.4, -0.2) is 62.6 Å². The number of anilines is 1. The number of ketones is 1. The van der Waals surface area contributed by atoms with Crippen LogP contribution in [-0.2, 0) is 43.6 Å². The maximum Gasteiger partial charge on any atom is 0.237 e. The Kier molecular flexibility index (Phi) is 8.48. The molecule has 1 aromatic heterocycles. The largest absolute Gasteiger partial charge is 0.378 e. The van der Waals surface area contributed by atoms with Crippen LogP contribution in [0.4, 0.5) is 10.2 Å². The second kappa shape index (κ2) is 11.8. The van der Waals surface area contributed by atoms with Crippen LogP contribution in [0.2, 0.25) is 0 Å². The van der Waals surface area contributed by atoms with E-state index in [-0.39, 0.29) is 36.6 Å². The topological polar surface area (TPSA) is 119 Å². The van der Waals surface area contributed by atoms with Crippen molar-refractivity contribution in [2.24, 2.45) is 0 Å². The first-order chi connectivity index (χ1) is 18.1. The van der Waals surface area contributed by atoms with Crippen LogP contribution in [0.5, 0.6) is 0 Å². The SMILES string of the molecule is Cc1nc(-c2ccc(CC(=O)Cc3ccc(CC(=O)NS(C)(=O)=O)cc3)cc2)nc(N2CCOCC2)c1F. The number of benzene rings is 2. The molecule has 1 amide bonds. The Balaban J connectivity index is 1.37. The van der Waals surface area contributed by atoms with E-state index in [0.29, 0.717) is 37.7 Å². The van der Waals surface area contributed by atoms with E-state index in [1.54, 1.807) is 31.2 Å². The minimum absolute atomic E-state index is 0.0174. The third-order valence-electron chi connectivity index (χ3n) is 6.01. The fourth-order valence-corrected chi connectivity index (χ4v) is 4.64. The number of aromatic nitrogens is 2. The molecule has 1 aliphatic rings. The summed E-state index contributed by atoms with van der Waals surface area (Å²) in [5, 5.41) is 0. The first-order valence-electron chi connectivity index (χ1n) is 12.1. The first-order valence-corrected chi connectivity index (χ1v) is 14.0. The summed E-state index contributed by atoms with van der Waals surface area (Å²) in [5.41, 5.74) is 3.28. The number of halogens is 1. The van der Waals surface area contributed by atoms with Gasteiger partial charge >= 0.3 is 0 Å². The fraction of sp³-hybridized carbons (Fsp3) is 0.333. The normalized spacial score (nSPS) is 13.8. The van der Waals surface area contributed by atoms with Gasteiger partial charge in [-0.15, -0.1) is 0 Å².